The Balaban J connectivity index is 1.96. The quantitative estimate of drug-likeness (QED) is 0.708. The molecule has 1 aromatic carbocycles. The van der Waals surface area contributed by atoms with Crippen molar-refractivity contribution in [2.75, 3.05) is 20.2 Å². The summed E-state index contributed by atoms with van der Waals surface area (Å²) in [5, 5.41) is 10.6. The molecule has 1 aromatic heterocycles. The molecule has 5 nitrogen and oxygen atoms in total. The van der Waals surface area contributed by atoms with E-state index in [9.17, 15) is 0 Å². The van der Waals surface area contributed by atoms with E-state index in [1.54, 1.807) is 7.11 Å². The summed E-state index contributed by atoms with van der Waals surface area (Å²) in [5.41, 5.74) is 1.63. The SMILES string of the molecule is COc1c(Br)cc(N=NN2CCCC2)cc1-c1ccc(C)o1. The van der Waals surface area contributed by atoms with E-state index in [0.29, 0.717) is 0 Å². The fourth-order valence-electron chi connectivity index (χ4n) is 2.51. The Morgan fingerprint density at radius 1 is 1.23 bits per heavy atom. The Morgan fingerprint density at radius 3 is 2.64 bits per heavy atom. The second kappa shape index (κ2) is 6.52. The molecule has 2 aromatic rings. The highest BCUT2D eigenvalue weighted by Crippen LogP contribution is 2.40. The van der Waals surface area contributed by atoms with Crippen LogP contribution < -0.4 is 4.74 Å². The van der Waals surface area contributed by atoms with E-state index < -0.39 is 0 Å². The molecular weight excluding hydrogens is 346 g/mol. The molecule has 22 heavy (non-hydrogen) atoms. The van der Waals surface area contributed by atoms with Gasteiger partial charge in [-0.15, -0.1) is 5.11 Å². The first kappa shape index (κ1) is 15.1. The van der Waals surface area contributed by atoms with Gasteiger partial charge in [0.2, 0.25) is 0 Å². The lowest BCUT2D eigenvalue weighted by atomic mass is 10.1. The van der Waals surface area contributed by atoms with E-state index in [4.69, 9.17) is 9.15 Å². The van der Waals surface area contributed by atoms with Crippen molar-refractivity contribution < 1.29 is 9.15 Å². The zero-order valence-corrected chi connectivity index (χ0v) is 14.3. The summed E-state index contributed by atoms with van der Waals surface area (Å²) in [6.07, 6.45) is 2.37. The first-order chi connectivity index (χ1) is 10.7. The molecule has 1 aliphatic heterocycles. The molecule has 0 aliphatic carbocycles. The number of halogens is 1. The van der Waals surface area contributed by atoms with Crippen LogP contribution in [-0.4, -0.2) is 25.2 Å². The summed E-state index contributed by atoms with van der Waals surface area (Å²) in [7, 11) is 1.64. The highest BCUT2D eigenvalue weighted by atomic mass is 79.9. The molecule has 1 saturated heterocycles. The molecule has 0 amide bonds. The molecule has 0 saturated carbocycles. The lowest BCUT2D eigenvalue weighted by molar-refractivity contribution is 0.336. The molecule has 3 rings (SSSR count). The number of furan rings is 1. The topological polar surface area (TPSA) is 50.3 Å². The number of methoxy groups -OCH3 is 1. The highest BCUT2D eigenvalue weighted by Gasteiger charge is 2.15. The summed E-state index contributed by atoms with van der Waals surface area (Å²) < 4.78 is 12.0. The van der Waals surface area contributed by atoms with Gasteiger partial charge >= 0.3 is 0 Å². The Kier molecular flexibility index (Phi) is 4.47. The van der Waals surface area contributed by atoms with Gasteiger partial charge < -0.3 is 9.15 Å². The van der Waals surface area contributed by atoms with Crippen molar-refractivity contribution in [3.8, 4) is 17.1 Å². The van der Waals surface area contributed by atoms with E-state index in [1.165, 1.54) is 12.8 Å². The molecule has 6 heteroatoms. The Labute approximate surface area is 138 Å². The number of nitrogens with zero attached hydrogens (tertiary/aromatic N) is 3. The van der Waals surface area contributed by atoms with E-state index >= 15 is 0 Å². The molecule has 0 unspecified atom stereocenters. The van der Waals surface area contributed by atoms with Gasteiger partial charge in [-0.1, -0.05) is 5.22 Å². The molecular formula is C16H18BrN3O2. The summed E-state index contributed by atoms with van der Waals surface area (Å²) in [6.45, 7) is 3.87. The minimum Gasteiger partial charge on any atom is -0.495 e. The summed E-state index contributed by atoms with van der Waals surface area (Å²) in [4.78, 5) is 0. The molecule has 0 bridgehead atoms. The Bertz CT molecular complexity index is 691. The van der Waals surface area contributed by atoms with Crippen molar-refractivity contribution >= 4 is 21.6 Å². The van der Waals surface area contributed by atoms with Gasteiger partial charge in [0, 0.05) is 13.1 Å². The molecule has 0 spiro atoms. The maximum atomic E-state index is 5.72. The minimum atomic E-state index is 0.731. The van der Waals surface area contributed by atoms with Crippen molar-refractivity contribution in [3.05, 3.63) is 34.5 Å². The van der Waals surface area contributed by atoms with Gasteiger partial charge in [-0.05, 0) is 60.0 Å². The maximum absolute atomic E-state index is 5.72. The number of aryl methyl sites for hydroxylation is 1. The van der Waals surface area contributed by atoms with Gasteiger partial charge in [-0.2, -0.15) is 0 Å². The van der Waals surface area contributed by atoms with Crippen LogP contribution in [-0.2, 0) is 0 Å². The molecule has 0 atom stereocenters. The third kappa shape index (κ3) is 3.16. The monoisotopic (exact) mass is 363 g/mol. The first-order valence-electron chi connectivity index (χ1n) is 7.28. The van der Waals surface area contributed by atoms with Gasteiger partial charge in [-0.25, -0.2) is 0 Å². The number of benzene rings is 1. The third-order valence-corrected chi connectivity index (χ3v) is 4.20. The fourth-order valence-corrected chi connectivity index (χ4v) is 3.12. The van der Waals surface area contributed by atoms with Crippen LogP contribution in [0.3, 0.4) is 0 Å². The highest BCUT2D eigenvalue weighted by molar-refractivity contribution is 9.10. The predicted octanol–water partition coefficient (Wildman–Crippen LogP) is 5.12. The maximum Gasteiger partial charge on any atom is 0.144 e. The summed E-state index contributed by atoms with van der Waals surface area (Å²) in [5.74, 6) is 2.35. The Morgan fingerprint density at radius 2 is 2.00 bits per heavy atom. The van der Waals surface area contributed by atoms with Crippen LogP contribution in [0, 0.1) is 6.92 Å². The van der Waals surface area contributed by atoms with Gasteiger partial charge in [0.15, 0.2) is 0 Å². The van der Waals surface area contributed by atoms with E-state index in [2.05, 4.69) is 26.3 Å². The number of ether oxygens (including phenoxy) is 1. The largest absolute Gasteiger partial charge is 0.495 e. The first-order valence-corrected chi connectivity index (χ1v) is 8.07. The fraction of sp³-hybridized carbons (Fsp3) is 0.375. The van der Waals surface area contributed by atoms with Crippen molar-refractivity contribution in [2.45, 2.75) is 19.8 Å². The van der Waals surface area contributed by atoms with E-state index in [-0.39, 0.29) is 0 Å². The van der Waals surface area contributed by atoms with Crippen LogP contribution >= 0.6 is 15.9 Å². The van der Waals surface area contributed by atoms with Crippen LogP contribution in [0.15, 0.2) is 43.5 Å². The smallest absolute Gasteiger partial charge is 0.144 e. The van der Waals surface area contributed by atoms with Crippen molar-refractivity contribution in [1.82, 2.24) is 5.01 Å². The van der Waals surface area contributed by atoms with Gasteiger partial charge in [0.05, 0.1) is 22.8 Å². The third-order valence-electron chi connectivity index (χ3n) is 3.61. The lowest BCUT2D eigenvalue weighted by Gasteiger charge is -2.11. The standard InChI is InChI=1S/C16H18BrN3O2/c1-11-5-6-15(22-11)13-9-12(10-14(17)16(13)21-2)18-19-20-7-3-4-8-20/h5-6,9-10H,3-4,7-8H2,1-2H3. The molecule has 0 N–H and O–H groups in total. The molecule has 2 heterocycles. The van der Waals surface area contributed by atoms with Crippen LogP contribution in [0.25, 0.3) is 11.3 Å². The second-order valence-corrected chi connectivity index (χ2v) is 6.12. The molecule has 116 valence electrons. The summed E-state index contributed by atoms with van der Waals surface area (Å²) >= 11 is 3.53. The van der Waals surface area contributed by atoms with Gasteiger partial charge in [0.1, 0.15) is 17.3 Å². The Hall–Kier alpha value is -1.82. The van der Waals surface area contributed by atoms with E-state index in [1.807, 2.05) is 36.2 Å². The zero-order valence-electron chi connectivity index (χ0n) is 12.7. The second-order valence-electron chi connectivity index (χ2n) is 5.27. The van der Waals surface area contributed by atoms with Crippen LogP contribution in [0.2, 0.25) is 0 Å². The normalized spacial score (nSPS) is 15.0. The molecule has 1 fully saturated rings. The van der Waals surface area contributed by atoms with Crippen LogP contribution in [0.1, 0.15) is 18.6 Å². The predicted molar refractivity (Wildman–Crippen MR) is 88.5 cm³/mol. The van der Waals surface area contributed by atoms with Crippen molar-refractivity contribution in [2.24, 2.45) is 10.3 Å². The average Bonchev–Trinajstić information content (AvgIpc) is 3.16. The van der Waals surface area contributed by atoms with Gasteiger partial charge in [-0.3, -0.25) is 5.01 Å². The number of hydrogen-bond donors (Lipinski definition) is 0. The number of hydrogen-bond acceptors (Lipinski definition) is 4. The molecule has 0 radical (unpaired) electrons. The van der Waals surface area contributed by atoms with E-state index in [0.717, 1.165) is 46.1 Å². The number of rotatable bonds is 4. The van der Waals surface area contributed by atoms with Crippen molar-refractivity contribution in [1.29, 1.82) is 0 Å². The lowest BCUT2D eigenvalue weighted by Crippen LogP contribution is -2.09. The molecule has 1 aliphatic rings. The van der Waals surface area contributed by atoms with Gasteiger partial charge in [0.25, 0.3) is 0 Å². The zero-order chi connectivity index (χ0) is 15.5. The summed E-state index contributed by atoms with van der Waals surface area (Å²) in [6, 6.07) is 7.70. The van der Waals surface area contributed by atoms with Crippen LogP contribution in [0.4, 0.5) is 5.69 Å². The minimum absolute atomic E-state index is 0.731. The average molecular weight is 364 g/mol. The van der Waals surface area contributed by atoms with Crippen LogP contribution in [0.5, 0.6) is 5.75 Å². The van der Waals surface area contributed by atoms with Crippen molar-refractivity contribution in [3.63, 3.8) is 0 Å².